The summed E-state index contributed by atoms with van der Waals surface area (Å²) in [5.74, 6) is 0.917. The summed E-state index contributed by atoms with van der Waals surface area (Å²) < 4.78 is 4.85. The maximum Gasteiger partial charge on any atom is 0.146 e. The van der Waals surface area contributed by atoms with Crippen LogP contribution in [0.2, 0.25) is 0 Å². The first-order valence-corrected chi connectivity index (χ1v) is 25.9. The summed E-state index contributed by atoms with van der Waals surface area (Å²) >= 11 is 0. The van der Waals surface area contributed by atoms with Gasteiger partial charge in [0, 0.05) is 67.7 Å². The Kier molecular flexibility index (Phi) is 10.1. The number of fused-ring (bicyclic) bond motifs is 8. The highest BCUT2D eigenvalue weighted by atomic mass is 15.2. The van der Waals surface area contributed by atoms with E-state index >= 15 is 0 Å². The van der Waals surface area contributed by atoms with E-state index in [4.69, 9.17) is 9.97 Å². The molecule has 74 heavy (non-hydrogen) atoms. The van der Waals surface area contributed by atoms with Gasteiger partial charge in [0.05, 0.1) is 38.9 Å². The molecule has 0 fully saturated rings. The lowest BCUT2D eigenvalue weighted by Gasteiger charge is -2.44. The normalized spacial score (nSPS) is 15.2. The number of allylic oxidation sites excluding steroid dienone is 3. The van der Waals surface area contributed by atoms with Gasteiger partial charge in [-0.2, -0.15) is 0 Å². The van der Waals surface area contributed by atoms with Gasteiger partial charge in [-0.15, -0.1) is 0 Å². The van der Waals surface area contributed by atoms with Gasteiger partial charge in [0.25, 0.3) is 0 Å². The second-order valence-corrected chi connectivity index (χ2v) is 20.4. The molecular weight excluding hydrogens is 899 g/mol. The molecule has 0 bridgehead atoms. The van der Waals surface area contributed by atoms with Gasteiger partial charge in [-0.1, -0.05) is 145 Å². The number of nitrogens with zero attached hydrogens (tertiary/aromatic N) is 4. The van der Waals surface area contributed by atoms with Gasteiger partial charge in [-0.3, -0.25) is 0 Å². The third-order valence-corrected chi connectivity index (χ3v) is 16.0. The SMILES string of the molecule is Cc1ccc2c(c1)C(c1ccc3c(c1)c1ccccc1n3-c1ccccc1)(c1ccc3c(c1)c1ccccc1n3-c1ccccc1)c1cc(C)ccc1[NH+]2C1=CCC(c2nc(C)nc(-c3ccccc3)c2C)C=C1. The predicted octanol–water partition coefficient (Wildman–Crippen LogP) is 15.7. The van der Waals surface area contributed by atoms with Crippen molar-refractivity contribution < 1.29 is 4.90 Å². The van der Waals surface area contributed by atoms with E-state index in [1.54, 1.807) is 0 Å². The van der Waals surface area contributed by atoms with Gasteiger partial charge in [-0.25, -0.2) is 14.9 Å². The Hall–Kier alpha value is -8.90. The van der Waals surface area contributed by atoms with Crippen molar-refractivity contribution in [2.45, 2.75) is 45.4 Å². The van der Waals surface area contributed by atoms with Crippen molar-refractivity contribution in [3.05, 3.63) is 287 Å². The fourth-order valence-corrected chi connectivity index (χ4v) is 12.8. The van der Waals surface area contributed by atoms with E-state index in [0.717, 1.165) is 46.1 Å². The van der Waals surface area contributed by atoms with Crippen molar-refractivity contribution in [3.8, 4) is 22.6 Å². The molecule has 2 aliphatic rings. The van der Waals surface area contributed by atoms with E-state index in [1.165, 1.54) is 99.0 Å². The molecule has 4 heterocycles. The van der Waals surface area contributed by atoms with Gasteiger partial charge in [-0.05, 0) is 136 Å². The van der Waals surface area contributed by atoms with E-state index < -0.39 is 5.41 Å². The summed E-state index contributed by atoms with van der Waals surface area (Å²) in [5, 5.41) is 4.93. The zero-order valence-electron chi connectivity index (χ0n) is 42.0. The van der Waals surface area contributed by atoms with Crippen molar-refractivity contribution in [3.63, 3.8) is 0 Å². The zero-order chi connectivity index (χ0) is 49.7. The summed E-state index contributed by atoms with van der Waals surface area (Å²) in [5.41, 5.74) is 21.9. The second kappa shape index (κ2) is 17.1. The molecule has 0 amide bonds. The Bertz CT molecular complexity index is 4060. The van der Waals surface area contributed by atoms with Crippen molar-refractivity contribution >= 4 is 55.0 Å². The lowest BCUT2D eigenvalue weighted by molar-refractivity contribution is -0.713. The molecule has 1 aliphatic heterocycles. The van der Waals surface area contributed by atoms with Crippen LogP contribution in [0, 0.1) is 27.7 Å². The van der Waals surface area contributed by atoms with Crippen LogP contribution in [0.3, 0.4) is 0 Å². The van der Waals surface area contributed by atoms with Crippen molar-refractivity contribution in [2.75, 3.05) is 0 Å². The quantitative estimate of drug-likeness (QED) is 0.173. The van der Waals surface area contributed by atoms with Crippen LogP contribution in [-0.2, 0) is 5.41 Å². The molecule has 0 spiro atoms. The number of rotatable bonds is 7. The van der Waals surface area contributed by atoms with Crippen LogP contribution in [0.5, 0.6) is 0 Å². The summed E-state index contributed by atoms with van der Waals surface area (Å²) in [7, 11) is 0. The number of aryl methyl sites for hydroxylation is 3. The lowest BCUT2D eigenvalue weighted by Crippen LogP contribution is -3.01. The number of benzene rings is 9. The van der Waals surface area contributed by atoms with Gasteiger partial charge in [0.15, 0.2) is 0 Å². The third-order valence-electron chi connectivity index (χ3n) is 16.0. The van der Waals surface area contributed by atoms with Gasteiger partial charge in [0.2, 0.25) is 0 Å². The van der Waals surface area contributed by atoms with Crippen molar-refractivity contribution in [1.29, 1.82) is 0 Å². The molecule has 354 valence electrons. The van der Waals surface area contributed by atoms with E-state index in [9.17, 15) is 0 Å². The molecule has 9 aromatic carbocycles. The molecule has 14 rings (SSSR count). The van der Waals surface area contributed by atoms with Crippen LogP contribution < -0.4 is 4.90 Å². The molecule has 1 unspecified atom stereocenters. The molecule has 3 aromatic heterocycles. The predicted molar refractivity (Wildman–Crippen MR) is 305 cm³/mol. The Labute approximate surface area is 431 Å². The molecule has 5 heteroatoms. The molecule has 1 atom stereocenters. The standard InChI is InChI=1S/C69H53N5/c1-44-28-36-65-59(40-44)69(50-32-38-63-57(42-50)55-24-14-16-26-61(55)72(63)52-20-10-6-11-21-52,51-33-39-64-58(43-51)56-25-15-17-27-62(56)73(64)53-22-12-7-13-23-53)60-41-45(2)29-37-66(60)74(65)54-34-30-49(31-35-54)68-46(3)67(70-47(4)71-68)48-18-8-5-9-19-48/h5-30,32-43,49H,31H2,1-4H3/p+1. The summed E-state index contributed by atoms with van der Waals surface area (Å²) in [6.45, 7) is 8.71. The van der Waals surface area contributed by atoms with E-state index in [1.807, 2.05) is 6.92 Å². The molecule has 0 saturated heterocycles. The van der Waals surface area contributed by atoms with Gasteiger partial charge < -0.3 is 9.13 Å². The highest BCUT2D eigenvalue weighted by Crippen LogP contribution is 2.54. The fraction of sp³-hybridized carbons (Fsp3) is 0.101. The zero-order valence-corrected chi connectivity index (χ0v) is 42.0. The monoisotopic (exact) mass is 952 g/mol. The average molecular weight is 953 g/mol. The number of aromatic nitrogens is 4. The van der Waals surface area contributed by atoms with E-state index in [0.29, 0.717) is 0 Å². The van der Waals surface area contributed by atoms with Crippen LogP contribution in [0.15, 0.2) is 236 Å². The van der Waals surface area contributed by atoms with Crippen molar-refractivity contribution in [1.82, 2.24) is 19.1 Å². The molecule has 1 aliphatic carbocycles. The van der Waals surface area contributed by atoms with Crippen molar-refractivity contribution in [2.24, 2.45) is 0 Å². The summed E-state index contributed by atoms with van der Waals surface area (Å²) in [6, 6.07) is 79.0. The van der Waals surface area contributed by atoms with Crippen LogP contribution >= 0.6 is 0 Å². The van der Waals surface area contributed by atoms with Gasteiger partial charge >= 0.3 is 0 Å². The number of para-hydroxylation sites is 4. The maximum atomic E-state index is 5.11. The minimum atomic E-state index is -0.731. The Morgan fingerprint density at radius 1 is 0.473 bits per heavy atom. The first kappa shape index (κ1) is 43.9. The van der Waals surface area contributed by atoms with Crippen LogP contribution in [0.4, 0.5) is 11.4 Å². The first-order chi connectivity index (χ1) is 36.3. The molecule has 0 radical (unpaired) electrons. The van der Waals surface area contributed by atoms with E-state index in [-0.39, 0.29) is 5.92 Å². The Morgan fingerprint density at radius 3 is 1.47 bits per heavy atom. The maximum absolute atomic E-state index is 5.11. The third kappa shape index (κ3) is 6.66. The van der Waals surface area contributed by atoms with Crippen LogP contribution in [-0.4, -0.2) is 19.1 Å². The van der Waals surface area contributed by atoms with E-state index in [2.05, 4.69) is 260 Å². The second-order valence-electron chi connectivity index (χ2n) is 20.4. The Morgan fingerprint density at radius 2 is 0.959 bits per heavy atom. The first-order valence-electron chi connectivity index (χ1n) is 25.9. The largest absolute Gasteiger partial charge is 0.309 e. The smallest absolute Gasteiger partial charge is 0.146 e. The minimum Gasteiger partial charge on any atom is -0.309 e. The number of nitrogens with one attached hydrogen (secondary N) is 1. The Balaban J connectivity index is 1.02. The molecule has 0 saturated carbocycles. The summed E-state index contributed by atoms with van der Waals surface area (Å²) in [6.07, 6.45) is 8.06. The lowest BCUT2D eigenvalue weighted by atomic mass is 9.61. The number of hydrogen-bond acceptors (Lipinski definition) is 2. The molecular formula is C69H54N5+. The highest BCUT2D eigenvalue weighted by Gasteiger charge is 2.50. The topological polar surface area (TPSA) is 40.1 Å². The highest BCUT2D eigenvalue weighted by molar-refractivity contribution is 6.11. The molecule has 12 aromatic rings. The summed E-state index contributed by atoms with van der Waals surface area (Å²) in [4.78, 5) is 11.3. The van der Waals surface area contributed by atoms with Crippen LogP contribution in [0.1, 0.15) is 62.8 Å². The minimum absolute atomic E-state index is 0.121. The molecule has 1 N–H and O–H groups in total. The fourth-order valence-electron chi connectivity index (χ4n) is 12.8. The number of hydrogen-bond donors (Lipinski definition) is 1. The van der Waals surface area contributed by atoms with Gasteiger partial charge in [0.1, 0.15) is 22.9 Å². The van der Waals surface area contributed by atoms with Crippen LogP contribution in [0.25, 0.3) is 66.2 Å². The number of quaternary nitrogens is 1. The molecule has 5 nitrogen and oxygen atoms in total. The average Bonchev–Trinajstić information content (AvgIpc) is 3.97.